The Labute approximate surface area is 76.3 Å². The topological polar surface area (TPSA) is 43.1 Å². The van der Waals surface area contributed by atoms with Crippen molar-refractivity contribution in [1.29, 1.82) is 0 Å². The van der Waals surface area contributed by atoms with E-state index in [1.165, 1.54) is 6.92 Å². The molecule has 0 saturated carbocycles. The minimum Gasteiger partial charge on any atom is -0.398 e. The molecule has 1 aromatic rings. The Morgan fingerprint density at radius 3 is 2.75 bits per heavy atom. The third-order valence-electron chi connectivity index (χ3n) is 1.55. The van der Waals surface area contributed by atoms with E-state index in [1.807, 2.05) is 0 Å². The van der Waals surface area contributed by atoms with Gasteiger partial charge in [-0.2, -0.15) is 0 Å². The van der Waals surface area contributed by atoms with Crippen LogP contribution in [0.4, 0.5) is 5.69 Å². The van der Waals surface area contributed by atoms with E-state index in [2.05, 4.69) is 0 Å². The Hall–Kier alpha value is -1.02. The lowest BCUT2D eigenvalue weighted by Gasteiger charge is -2.02. The van der Waals surface area contributed by atoms with E-state index in [0.717, 1.165) is 5.56 Å². The van der Waals surface area contributed by atoms with Crippen molar-refractivity contribution in [1.82, 2.24) is 0 Å². The minimum atomic E-state index is 0.101. The SMILES string of the molecule is CC(=O)Cc1ccc(Cl)cc1N. The van der Waals surface area contributed by atoms with Crippen molar-refractivity contribution in [3.05, 3.63) is 28.8 Å². The molecule has 0 heterocycles. The molecule has 0 fully saturated rings. The number of anilines is 1. The van der Waals surface area contributed by atoms with Crippen LogP contribution in [0.1, 0.15) is 12.5 Å². The number of nitrogens with two attached hydrogens (primary N) is 1. The van der Waals surface area contributed by atoms with E-state index in [9.17, 15) is 4.79 Å². The summed E-state index contributed by atoms with van der Waals surface area (Å²) in [7, 11) is 0. The summed E-state index contributed by atoms with van der Waals surface area (Å²) in [5, 5.41) is 0.597. The van der Waals surface area contributed by atoms with Crippen LogP contribution < -0.4 is 5.73 Å². The van der Waals surface area contributed by atoms with Gasteiger partial charge >= 0.3 is 0 Å². The molecule has 0 bridgehead atoms. The van der Waals surface area contributed by atoms with Crippen molar-refractivity contribution >= 4 is 23.1 Å². The van der Waals surface area contributed by atoms with Gasteiger partial charge < -0.3 is 5.73 Å². The molecular formula is C9H10ClNO. The van der Waals surface area contributed by atoms with Crippen LogP contribution in [0.2, 0.25) is 5.02 Å². The summed E-state index contributed by atoms with van der Waals surface area (Å²) in [6, 6.07) is 5.16. The fourth-order valence-electron chi connectivity index (χ4n) is 0.995. The van der Waals surface area contributed by atoms with Crippen LogP contribution in [-0.2, 0) is 11.2 Å². The summed E-state index contributed by atoms with van der Waals surface area (Å²) in [5.74, 6) is 0.101. The minimum absolute atomic E-state index is 0.101. The number of benzene rings is 1. The highest BCUT2D eigenvalue weighted by Gasteiger charge is 2.02. The Bertz CT molecular complexity index is 309. The maximum Gasteiger partial charge on any atom is 0.134 e. The van der Waals surface area contributed by atoms with Gasteiger partial charge in [-0.25, -0.2) is 0 Å². The van der Waals surface area contributed by atoms with Crippen LogP contribution in [0.25, 0.3) is 0 Å². The molecule has 2 N–H and O–H groups in total. The Morgan fingerprint density at radius 1 is 1.58 bits per heavy atom. The summed E-state index contributed by atoms with van der Waals surface area (Å²) >= 11 is 5.69. The van der Waals surface area contributed by atoms with E-state index in [4.69, 9.17) is 17.3 Å². The zero-order chi connectivity index (χ0) is 9.14. The number of carbonyl (C=O) groups is 1. The Kier molecular flexibility index (Phi) is 2.71. The predicted molar refractivity (Wildman–Crippen MR) is 50.2 cm³/mol. The second-order valence-electron chi connectivity index (χ2n) is 2.72. The molecule has 0 aromatic heterocycles. The molecule has 64 valence electrons. The number of Topliss-reactive ketones (excluding diaryl/α,β-unsaturated/α-hetero) is 1. The van der Waals surface area contributed by atoms with Gasteiger partial charge in [-0.3, -0.25) is 4.79 Å². The lowest BCUT2D eigenvalue weighted by atomic mass is 10.1. The maximum atomic E-state index is 10.8. The van der Waals surface area contributed by atoms with E-state index < -0.39 is 0 Å². The quantitative estimate of drug-likeness (QED) is 0.714. The van der Waals surface area contributed by atoms with Crippen molar-refractivity contribution in [2.24, 2.45) is 0 Å². The highest BCUT2D eigenvalue weighted by atomic mass is 35.5. The molecule has 3 heteroatoms. The van der Waals surface area contributed by atoms with Gasteiger partial charge in [-0.15, -0.1) is 0 Å². The first-order chi connectivity index (χ1) is 5.59. The third kappa shape index (κ3) is 2.24. The number of hydrogen-bond donors (Lipinski definition) is 1. The van der Waals surface area contributed by atoms with Gasteiger partial charge in [0.25, 0.3) is 0 Å². The summed E-state index contributed by atoms with van der Waals surface area (Å²) in [6.07, 6.45) is 0.378. The fourth-order valence-corrected chi connectivity index (χ4v) is 1.18. The first-order valence-electron chi connectivity index (χ1n) is 3.63. The second-order valence-corrected chi connectivity index (χ2v) is 3.16. The molecule has 0 aliphatic carbocycles. The van der Waals surface area contributed by atoms with Gasteiger partial charge in [0.2, 0.25) is 0 Å². The summed E-state index contributed by atoms with van der Waals surface area (Å²) < 4.78 is 0. The van der Waals surface area contributed by atoms with E-state index in [0.29, 0.717) is 17.1 Å². The number of nitrogen functional groups attached to an aromatic ring is 1. The number of rotatable bonds is 2. The molecule has 0 saturated heterocycles. The van der Waals surface area contributed by atoms with Crippen molar-refractivity contribution in [3.63, 3.8) is 0 Å². The predicted octanol–water partition coefficient (Wildman–Crippen LogP) is 2.05. The normalized spacial score (nSPS) is 9.83. The maximum absolute atomic E-state index is 10.8. The smallest absolute Gasteiger partial charge is 0.134 e. The molecule has 1 rings (SSSR count). The number of carbonyl (C=O) groups excluding carboxylic acids is 1. The summed E-state index contributed by atoms with van der Waals surface area (Å²) in [4.78, 5) is 10.8. The number of hydrogen-bond acceptors (Lipinski definition) is 2. The molecule has 0 radical (unpaired) electrons. The molecule has 0 atom stereocenters. The molecule has 0 amide bonds. The van der Waals surface area contributed by atoms with Crippen LogP contribution in [0.3, 0.4) is 0 Å². The van der Waals surface area contributed by atoms with Gasteiger partial charge in [0.05, 0.1) is 0 Å². The average Bonchev–Trinajstić information content (AvgIpc) is 1.94. The molecular weight excluding hydrogens is 174 g/mol. The Balaban J connectivity index is 2.93. The highest BCUT2D eigenvalue weighted by Crippen LogP contribution is 2.18. The molecule has 0 aliphatic rings. The van der Waals surface area contributed by atoms with E-state index >= 15 is 0 Å². The second kappa shape index (κ2) is 3.59. The molecule has 2 nitrogen and oxygen atoms in total. The number of ketones is 1. The zero-order valence-corrected chi connectivity index (χ0v) is 7.56. The largest absolute Gasteiger partial charge is 0.398 e. The fraction of sp³-hybridized carbons (Fsp3) is 0.222. The molecule has 0 spiro atoms. The number of halogens is 1. The Morgan fingerprint density at radius 2 is 2.25 bits per heavy atom. The molecule has 1 aromatic carbocycles. The van der Waals surface area contributed by atoms with Crippen LogP contribution in [0, 0.1) is 0 Å². The lowest BCUT2D eigenvalue weighted by Crippen LogP contribution is -2.00. The summed E-state index contributed by atoms with van der Waals surface area (Å²) in [5.41, 5.74) is 7.05. The van der Waals surface area contributed by atoms with Crippen molar-refractivity contribution in [2.45, 2.75) is 13.3 Å². The van der Waals surface area contributed by atoms with Crippen LogP contribution in [0.15, 0.2) is 18.2 Å². The van der Waals surface area contributed by atoms with Gasteiger partial charge in [-0.1, -0.05) is 17.7 Å². The van der Waals surface area contributed by atoms with Crippen LogP contribution >= 0.6 is 11.6 Å². The zero-order valence-electron chi connectivity index (χ0n) is 6.80. The van der Waals surface area contributed by atoms with Crippen molar-refractivity contribution in [2.75, 3.05) is 5.73 Å². The lowest BCUT2D eigenvalue weighted by molar-refractivity contribution is -0.116. The standard InChI is InChI=1S/C9H10ClNO/c1-6(12)4-7-2-3-8(10)5-9(7)11/h2-3,5H,4,11H2,1H3. The van der Waals surface area contributed by atoms with Gasteiger partial charge in [0.1, 0.15) is 5.78 Å². The van der Waals surface area contributed by atoms with Crippen molar-refractivity contribution < 1.29 is 4.79 Å². The molecule has 12 heavy (non-hydrogen) atoms. The third-order valence-corrected chi connectivity index (χ3v) is 1.78. The van der Waals surface area contributed by atoms with Gasteiger partial charge in [-0.05, 0) is 24.6 Å². The van der Waals surface area contributed by atoms with Gasteiger partial charge in [0.15, 0.2) is 0 Å². The van der Waals surface area contributed by atoms with Crippen LogP contribution in [0.5, 0.6) is 0 Å². The molecule has 0 unspecified atom stereocenters. The summed E-state index contributed by atoms with van der Waals surface area (Å²) in [6.45, 7) is 1.54. The highest BCUT2D eigenvalue weighted by molar-refractivity contribution is 6.30. The first-order valence-corrected chi connectivity index (χ1v) is 4.00. The van der Waals surface area contributed by atoms with Crippen molar-refractivity contribution in [3.8, 4) is 0 Å². The van der Waals surface area contributed by atoms with E-state index in [1.54, 1.807) is 18.2 Å². The monoisotopic (exact) mass is 183 g/mol. The molecule has 0 aliphatic heterocycles. The van der Waals surface area contributed by atoms with Gasteiger partial charge in [0, 0.05) is 17.1 Å². The first kappa shape index (κ1) is 9.07. The van der Waals surface area contributed by atoms with Crippen LogP contribution in [-0.4, -0.2) is 5.78 Å². The van der Waals surface area contributed by atoms with E-state index in [-0.39, 0.29) is 5.78 Å². The average molecular weight is 184 g/mol.